The van der Waals surface area contributed by atoms with Gasteiger partial charge in [0.2, 0.25) is 5.91 Å². The molecule has 0 aliphatic carbocycles. The molecular weight excluding hydrogens is 411 g/mol. The van der Waals surface area contributed by atoms with Crippen LogP contribution in [0.1, 0.15) is 27.2 Å². The van der Waals surface area contributed by atoms with Gasteiger partial charge in [0, 0.05) is 11.6 Å². The summed E-state index contributed by atoms with van der Waals surface area (Å²) in [6.07, 6.45) is 0.640. The Kier molecular flexibility index (Phi) is 7.30. The van der Waals surface area contributed by atoms with Crippen LogP contribution in [0.2, 0.25) is 0 Å². The molecule has 1 N–H and O–H groups in total. The zero-order chi connectivity index (χ0) is 22.5. The van der Waals surface area contributed by atoms with Gasteiger partial charge < -0.3 is 14.8 Å². The third kappa shape index (κ3) is 5.21. The summed E-state index contributed by atoms with van der Waals surface area (Å²) in [4.78, 5) is 12.5. The maximum absolute atomic E-state index is 14.5. The van der Waals surface area contributed by atoms with E-state index in [9.17, 15) is 17.6 Å². The Bertz CT molecular complexity index is 1010. The first-order chi connectivity index (χ1) is 14.1. The molecule has 0 bridgehead atoms. The minimum absolute atomic E-state index is 0.161. The predicted molar refractivity (Wildman–Crippen MR) is 113 cm³/mol. The monoisotopic (exact) mass is 438 g/mol. The molecule has 0 aliphatic heterocycles. The molecule has 0 saturated heterocycles. The van der Waals surface area contributed by atoms with Gasteiger partial charge in [-0.2, -0.15) is 0 Å². The van der Waals surface area contributed by atoms with Crippen LogP contribution >= 0.6 is 0 Å². The van der Waals surface area contributed by atoms with Crippen molar-refractivity contribution in [2.24, 2.45) is 0 Å². The van der Waals surface area contributed by atoms with Gasteiger partial charge in [-0.25, -0.2) is 12.8 Å². The SMILES string of the molecule is CCC(C)(C)NC(=O)CN(c1ccccc1F)S(=O)(=O)c1ccc(OC)c(OC)c1. The molecule has 0 aliphatic rings. The number of ether oxygens (including phenoxy) is 2. The number of benzene rings is 2. The van der Waals surface area contributed by atoms with Gasteiger partial charge in [0.25, 0.3) is 10.0 Å². The van der Waals surface area contributed by atoms with E-state index in [1.807, 2.05) is 20.8 Å². The highest BCUT2D eigenvalue weighted by atomic mass is 32.2. The smallest absolute Gasteiger partial charge is 0.265 e. The molecule has 0 heterocycles. The number of nitrogens with one attached hydrogen (secondary N) is 1. The van der Waals surface area contributed by atoms with Crippen LogP contribution < -0.4 is 19.1 Å². The van der Waals surface area contributed by atoms with Crippen LogP contribution in [0.3, 0.4) is 0 Å². The third-order valence-corrected chi connectivity index (χ3v) is 6.47. The average molecular weight is 439 g/mol. The van der Waals surface area contributed by atoms with E-state index in [0.29, 0.717) is 12.2 Å². The number of nitrogens with zero attached hydrogens (tertiary/aromatic N) is 1. The van der Waals surface area contributed by atoms with Gasteiger partial charge in [-0.15, -0.1) is 0 Å². The minimum atomic E-state index is -4.29. The second-order valence-corrected chi connectivity index (χ2v) is 9.13. The van der Waals surface area contributed by atoms with Crippen LogP contribution in [0.4, 0.5) is 10.1 Å². The molecule has 0 spiro atoms. The van der Waals surface area contributed by atoms with Gasteiger partial charge in [0.1, 0.15) is 12.4 Å². The van der Waals surface area contributed by atoms with Crippen LogP contribution in [0.15, 0.2) is 47.4 Å². The first kappa shape index (κ1) is 23.5. The molecule has 0 saturated carbocycles. The first-order valence-corrected chi connectivity index (χ1v) is 10.8. The van der Waals surface area contributed by atoms with Crippen molar-refractivity contribution in [3.8, 4) is 11.5 Å². The van der Waals surface area contributed by atoms with Gasteiger partial charge >= 0.3 is 0 Å². The van der Waals surface area contributed by atoms with Crippen LogP contribution in [0, 0.1) is 5.82 Å². The summed E-state index contributed by atoms with van der Waals surface area (Å²) >= 11 is 0. The Morgan fingerprint density at radius 3 is 2.30 bits per heavy atom. The standard InChI is InChI=1S/C21H27FN2O5S/c1-6-21(2,3)23-20(25)14-24(17-10-8-7-9-16(17)22)30(26,27)15-11-12-18(28-4)19(13-15)29-5/h7-13H,6,14H2,1-5H3,(H,23,25). The van der Waals surface area contributed by atoms with E-state index in [2.05, 4.69) is 5.32 Å². The first-order valence-electron chi connectivity index (χ1n) is 9.36. The second kappa shape index (κ2) is 9.34. The normalized spacial score (nSPS) is 11.7. The van der Waals surface area contributed by atoms with Gasteiger partial charge in [0.15, 0.2) is 11.5 Å². The molecule has 0 radical (unpaired) electrons. The summed E-state index contributed by atoms with van der Waals surface area (Å²) in [6, 6.07) is 9.43. The molecule has 164 valence electrons. The van der Waals surface area contributed by atoms with Crippen molar-refractivity contribution in [2.45, 2.75) is 37.6 Å². The minimum Gasteiger partial charge on any atom is -0.493 e. The molecule has 0 atom stereocenters. The van der Waals surface area contributed by atoms with Crippen molar-refractivity contribution in [1.29, 1.82) is 0 Å². The number of hydrogen-bond acceptors (Lipinski definition) is 5. The summed E-state index contributed by atoms with van der Waals surface area (Å²) in [5.41, 5.74) is -0.762. The van der Waals surface area contributed by atoms with Crippen molar-refractivity contribution >= 4 is 21.6 Å². The summed E-state index contributed by atoms with van der Waals surface area (Å²) < 4.78 is 52.4. The van der Waals surface area contributed by atoms with Gasteiger partial charge in [-0.05, 0) is 44.5 Å². The highest BCUT2D eigenvalue weighted by Crippen LogP contribution is 2.32. The van der Waals surface area contributed by atoms with Gasteiger partial charge in [-0.1, -0.05) is 19.1 Å². The number of amides is 1. The number of rotatable bonds is 9. The van der Waals surface area contributed by atoms with Crippen molar-refractivity contribution in [3.05, 3.63) is 48.3 Å². The molecule has 2 aromatic carbocycles. The zero-order valence-electron chi connectivity index (χ0n) is 17.7. The van der Waals surface area contributed by atoms with Gasteiger partial charge in [0.05, 0.1) is 24.8 Å². The number of carbonyl (C=O) groups is 1. The molecule has 0 aromatic heterocycles. The maximum atomic E-state index is 14.5. The second-order valence-electron chi connectivity index (χ2n) is 7.27. The molecule has 2 rings (SSSR count). The van der Waals surface area contributed by atoms with Crippen molar-refractivity contribution in [1.82, 2.24) is 5.32 Å². The largest absolute Gasteiger partial charge is 0.493 e. The lowest BCUT2D eigenvalue weighted by Crippen LogP contribution is -2.48. The predicted octanol–water partition coefficient (Wildman–Crippen LogP) is 3.34. The van der Waals surface area contributed by atoms with E-state index in [0.717, 1.165) is 10.4 Å². The van der Waals surface area contributed by atoms with E-state index in [1.54, 1.807) is 0 Å². The Morgan fingerprint density at radius 1 is 1.10 bits per heavy atom. The topological polar surface area (TPSA) is 84.9 Å². The molecule has 1 amide bonds. The van der Waals surface area contributed by atoms with Crippen molar-refractivity contribution < 1.29 is 27.1 Å². The van der Waals surface area contributed by atoms with E-state index < -0.39 is 33.8 Å². The van der Waals surface area contributed by atoms with E-state index in [-0.39, 0.29) is 16.3 Å². The zero-order valence-corrected chi connectivity index (χ0v) is 18.5. The molecular formula is C21H27FN2O5S. The van der Waals surface area contributed by atoms with Crippen LogP contribution in [-0.2, 0) is 14.8 Å². The van der Waals surface area contributed by atoms with E-state index in [1.165, 1.54) is 50.6 Å². The molecule has 30 heavy (non-hydrogen) atoms. The molecule has 9 heteroatoms. The quantitative estimate of drug-likeness (QED) is 0.649. The number of para-hydroxylation sites is 1. The van der Waals surface area contributed by atoms with Gasteiger partial charge in [-0.3, -0.25) is 9.10 Å². The highest BCUT2D eigenvalue weighted by molar-refractivity contribution is 7.92. The lowest BCUT2D eigenvalue weighted by molar-refractivity contribution is -0.121. The number of carbonyl (C=O) groups excluding carboxylic acids is 1. The summed E-state index contributed by atoms with van der Waals surface area (Å²) in [5.74, 6) is -0.766. The molecule has 7 nitrogen and oxygen atoms in total. The Morgan fingerprint density at radius 2 is 1.73 bits per heavy atom. The van der Waals surface area contributed by atoms with Crippen molar-refractivity contribution in [3.63, 3.8) is 0 Å². The van der Waals surface area contributed by atoms with Crippen LogP contribution in [-0.4, -0.2) is 40.6 Å². The summed E-state index contributed by atoms with van der Waals surface area (Å²) in [5, 5.41) is 2.78. The number of anilines is 1. The molecule has 2 aromatic rings. The fourth-order valence-corrected chi connectivity index (χ4v) is 4.14. The Balaban J connectivity index is 2.53. The summed E-state index contributed by atoms with van der Waals surface area (Å²) in [7, 11) is -1.49. The molecule has 0 unspecified atom stereocenters. The number of hydrogen-bond donors (Lipinski definition) is 1. The summed E-state index contributed by atoms with van der Waals surface area (Å²) in [6.45, 7) is 4.96. The number of methoxy groups -OCH3 is 2. The van der Waals surface area contributed by atoms with Crippen LogP contribution in [0.25, 0.3) is 0 Å². The lowest BCUT2D eigenvalue weighted by Gasteiger charge is -2.28. The fraction of sp³-hybridized carbons (Fsp3) is 0.381. The van der Waals surface area contributed by atoms with Crippen LogP contribution in [0.5, 0.6) is 11.5 Å². The lowest BCUT2D eigenvalue weighted by atomic mass is 10.0. The highest BCUT2D eigenvalue weighted by Gasteiger charge is 2.31. The van der Waals surface area contributed by atoms with E-state index >= 15 is 0 Å². The average Bonchev–Trinajstić information content (AvgIpc) is 2.71. The fourth-order valence-electron chi connectivity index (χ4n) is 2.69. The number of halogens is 1. The Hall–Kier alpha value is -2.81. The number of sulfonamides is 1. The molecule has 0 fully saturated rings. The van der Waals surface area contributed by atoms with E-state index in [4.69, 9.17) is 9.47 Å². The Labute approximate surface area is 176 Å². The van der Waals surface area contributed by atoms with Crippen molar-refractivity contribution in [2.75, 3.05) is 25.1 Å². The third-order valence-electron chi connectivity index (χ3n) is 4.71. The maximum Gasteiger partial charge on any atom is 0.265 e.